The van der Waals surface area contributed by atoms with Gasteiger partial charge in [-0.3, -0.25) is 0 Å². The van der Waals surface area contributed by atoms with Gasteiger partial charge in [-0.05, 0) is 48.5 Å². The van der Waals surface area contributed by atoms with Gasteiger partial charge in [0.2, 0.25) is 15.0 Å². The zero-order valence-corrected chi connectivity index (χ0v) is 18.2. The fourth-order valence-corrected chi connectivity index (χ4v) is 4.46. The van der Waals surface area contributed by atoms with Gasteiger partial charge in [0.05, 0.1) is 28.2 Å². The summed E-state index contributed by atoms with van der Waals surface area (Å²) < 4.78 is 24.4. The number of hydrogen-bond acceptors (Lipinski definition) is 7. The van der Waals surface area contributed by atoms with Crippen LogP contribution in [-0.4, -0.2) is 23.0 Å². The van der Waals surface area contributed by atoms with Gasteiger partial charge in [0.15, 0.2) is 0 Å². The van der Waals surface area contributed by atoms with Gasteiger partial charge in [0.25, 0.3) is 0 Å². The molecule has 3 aromatic carbocycles. The molecule has 0 spiro atoms. The quantitative estimate of drug-likeness (QED) is 0.363. The number of nitrogens with zero attached hydrogens (tertiary/aromatic N) is 5. The molecule has 5 aromatic rings. The van der Waals surface area contributed by atoms with E-state index < -0.39 is 10.0 Å². The molecule has 0 saturated carbocycles. The van der Waals surface area contributed by atoms with Crippen molar-refractivity contribution in [2.45, 2.75) is 4.90 Å². The first-order chi connectivity index (χ1) is 15.5. The van der Waals surface area contributed by atoms with Gasteiger partial charge in [-0.2, -0.15) is 15.3 Å². The fraction of sp³-hybridized carbons (Fsp3) is 0. The highest BCUT2D eigenvalue weighted by atomic mass is 32.2. The van der Waals surface area contributed by atoms with E-state index in [1.54, 1.807) is 16.6 Å². The van der Waals surface area contributed by atoms with Crippen LogP contribution in [0.3, 0.4) is 0 Å². The second-order valence-electron chi connectivity index (χ2n) is 6.91. The maximum absolute atomic E-state index is 11.3. The maximum Gasteiger partial charge on any atom is 0.238 e. The van der Waals surface area contributed by atoms with E-state index in [1.807, 2.05) is 60.8 Å². The van der Waals surface area contributed by atoms with Crippen molar-refractivity contribution in [2.75, 3.05) is 0 Å². The molecule has 0 radical (unpaired) electrons. The Balaban J connectivity index is 1.32. The minimum absolute atomic E-state index is 0.0338. The van der Waals surface area contributed by atoms with Gasteiger partial charge in [0, 0.05) is 11.1 Å². The number of primary sulfonamides is 1. The molecule has 0 aliphatic rings. The van der Waals surface area contributed by atoms with Crippen molar-refractivity contribution in [1.82, 2.24) is 14.6 Å². The Labute approximate surface area is 187 Å². The van der Waals surface area contributed by atoms with E-state index in [1.165, 1.54) is 23.5 Å². The van der Waals surface area contributed by atoms with E-state index in [9.17, 15) is 8.42 Å². The highest BCUT2D eigenvalue weighted by Crippen LogP contribution is 2.29. The van der Waals surface area contributed by atoms with Crippen molar-refractivity contribution < 1.29 is 8.42 Å². The van der Waals surface area contributed by atoms with Crippen LogP contribution in [0.5, 0.6) is 0 Å². The molecule has 2 N–H and O–H groups in total. The smallest absolute Gasteiger partial charge is 0.225 e. The van der Waals surface area contributed by atoms with Crippen LogP contribution in [0.4, 0.5) is 11.4 Å². The molecule has 0 aliphatic heterocycles. The monoisotopic (exact) mass is 460 g/mol. The molecule has 0 saturated heterocycles. The third kappa shape index (κ3) is 4.19. The van der Waals surface area contributed by atoms with Gasteiger partial charge in [0.1, 0.15) is 5.01 Å². The number of hydrogen-bond donors (Lipinski definition) is 1. The van der Waals surface area contributed by atoms with Crippen LogP contribution in [0, 0.1) is 0 Å². The fourth-order valence-electron chi connectivity index (χ4n) is 3.05. The first-order valence-corrected chi connectivity index (χ1v) is 11.9. The Morgan fingerprint density at radius 3 is 2.03 bits per heavy atom. The summed E-state index contributed by atoms with van der Waals surface area (Å²) in [5.41, 5.74) is 4.09. The predicted octanol–water partition coefficient (Wildman–Crippen LogP) is 5.19. The van der Waals surface area contributed by atoms with Crippen molar-refractivity contribution in [2.24, 2.45) is 15.4 Å². The highest BCUT2D eigenvalue weighted by Gasteiger charge is 2.11. The maximum atomic E-state index is 11.3. The third-order valence-electron chi connectivity index (χ3n) is 4.67. The number of fused-ring (bicyclic) bond motifs is 1. The molecule has 0 amide bonds. The minimum Gasteiger partial charge on any atom is -0.225 e. The first kappa shape index (κ1) is 20.2. The Morgan fingerprint density at radius 2 is 1.44 bits per heavy atom. The van der Waals surface area contributed by atoms with Gasteiger partial charge < -0.3 is 0 Å². The summed E-state index contributed by atoms with van der Waals surface area (Å²) in [5, 5.41) is 18.9. The van der Waals surface area contributed by atoms with Crippen LogP contribution >= 0.6 is 11.3 Å². The molecule has 158 valence electrons. The van der Waals surface area contributed by atoms with Crippen LogP contribution in [0.15, 0.2) is 100 Å². The van der Waals surface area contributed by atoms with Crippen LogP contribution in [0.1, 0.15) is 0 Å². The SMILES string of the molecule is NS(=O)(=O)c1ccc(N=Nc2ccc(-c3nn4cc(-c5ccccc5)nc4s3)cc2)cc1. The normalized spacial score (nSPS) is 12.0. The summed E-state index contributed by atoms with van der Waals surface area (Å²) in [4.78, 5) is 5.53. The Kier molecular flexibility index (Phi) is 5.10. The van der Waals surface area contributed by atoms with Crippen molar-refractivity contribution in [3.05, 3.63) is 85.1 Å². The highest BCUT2D eigenvalue weighted by molar-refractivity contribution is 7.89. The molecule has 5 rings (SSSR count). The topological polar surface area (TPSA) is 115 Å². The first-order valence-electron chi connectivity index (χ1n) is 9.52. The lowest BCUT2D eigenvalue weighted by molar-refractivity contribution is 0.598. The predicted molar refractivity (Wildman–Crippen MR) is 124 cm³/mol. The zero-order chi connectivity index (χ0) is 22.1. The molecule has 8 nitrogen and oxygen atoms in total. The number of imidazole rings is 1. The van der Waals surface area contributed by atoms with Crippen molar-refractivity contribution in [3.63, 3.8) is 0 Å². The lowest BCUT2D eigenvalue weighted by Gasteiger charge is -1.98. The molecular formula is C22H16N6O2S2. The second kappa shape index (κ2) is 8.08. The average Bonchev–Trinajstić information content (AvgIpc) is 3.38. The number of nitrogens with two attached hydrogens (primary N) is 1. The summed E-state index contributed by atoms with van der Waals surface area (Å²) in [6.07, 6.45) is 1.93. The number of azo groups is 1. The van der Waals surface area contributed by atoms with Gasteiger partial charge >= 0.3 is 0 Å². The summed E-state index contributed by atoms with van der Waals surface area (Å²) in [6.45, 7) is 0. The van der Waals surface area contributed by atoms with Gasteiger partial charge in [-0.15, -0.1) is 0 Å². The lowest BCUT2D eigenvalue weighted by Crippen LogP contribution is -2.11. The van der Waals surface area contributed by atoms with E-state index >= 15 is 0 Å². The van der Waals surface area contributed by atoms with E-state index in [4.69, 9.17) is 5.14 Å². The molecule has 0 atom stereocenters. The average molecular weight is 461 g/mol. The van der Waals surface area contributed by atoms with E-state index in [-0.39, 0.29) is 4.90 Å². The van der Waals surface area contributed by atoms with E-state index in [0.29, 0.717) is 11.4 Å². The van der Waals surface area contributed by atoms with Gasteiger partial charge in [-0.25, -0.2) is 23.1 Å². The molecule has 0 unspecified atom stereocenters. The summed E-state index contributed by atoms with van der Waals surface area (Å²) in [6, 6.07) is 23.4. The second-order valence-corrected chi connectivity index (χ2v) is 9.43. The molecule has 2 heterocycles. The van der Waals surface area contributed by atoms with E-state index in [2.05, 4.69) is 20.3 Å². The van der Waals surface area contributed by atoms with Crippen LogP contribution in [-0.2, 0) is 10.0 Å². The summed E-state index contributed by atoms with van der Waals surface area (Å²) in [7, 11) is -3.72. The van der Waals surface area contributed by atoms with Crippen molar-refractivity contribution in [1.29, 1.82) is 0 Å². The number of rotatable bonds is 5. The minimum atomic E-state index is -3.72. The Morgan fingerprint density at radius 1 is 0.812 bits per heavy atom. The van der Waals surface area contributed by atoms with Crippen molar-refractivity contribution >= 4 is 37.7 Å². The van der Waals surface area contributed by atoms with E-state index in [0.717, 1.165) is 26.8 Å². The number of sulfonamides is 1. The van der Waals surface area contributed by atoms with Crippen LogP contribution < -0.4 is 5.14 Å². The Hall–Kier alpha value is -3.73. The standard InChI is InChI=1S/C22H16N6O2S2/c23-32(29,30)19-12-10-18(11-13-19)26-25-17-8-6-16(7-9-17)21-27-28-14-20(24-22(28)31-21)15-4-2-1-3-5-15/h1-14H,(H2,23,29,30). The number of aromatic nitrogens is 3. The third-order valence-corrected chi connectivity index (χ3v) is 6.57. The lowest BCUT2D eigenvalue weighted by atomic mass is 10.2. The van der Waals surface area contributed by atoms with Crippen LogP contribution in [0.25, 0.3) is 26.8 Å². The van der Waals surface area contributed by atoms with Crippen LogP contribution in [0.2, 0.25) is 0 Å². The molecule has 0 fully saturated rings. The molecule has 32 heavy (non-hydrogen) atoms. The van der Waals surface area contributed by atoms with Crippen molar-refractivity contribution in [3.8, 4) is 21.8 Å². The summed E-state index contributed by atoms with van der Waals surface area (Å²) >= 11 is 1.51. The number of benzene rings is 3. The molecule has 0 aliphatic carbocycles. The van der Waals surface area contributed by atoms with Gasteiger partial charge in [-0.1, -0.05) is 41.7 Å². The zero-order valence-electron chi connectivity index (χ0n) is 16.5. The molecule has 10 heteroatoms. The largest absolute Gasteiger partial charge is 0.238 e. The molecule has 2 aromatic heterocycles. The molecule has 0 bridgehead atoms. The molecular weight excluding hydrogens is 444 g/mol. The summed E-state index contributed by atoms with van der Waals surface area (Å²) in [5.74, 6) is 0. The Bertz CT molecular complexity index is 1490.